The van der Waals surface area contributed by atoms with Gasteiger partial charge in [-0.25, -0.2) is 0 Å². The number of methoxy groups -OCH3 is 1. The maximum absolute atomic E-state index is 13.5. The van der Waals surface area contributed by atoms with Crippen LogP contribution >= 0.6 is 0 Å². The second-order valence-electron chi connectivity index (χ2n) is 5.21. The third-order valence-corrected chi connectivity index (χ3v) is 3.75. The van der Waals surface area contributed by atoms with Gasteiger partial charge < -0.3 is 4.74 Å². The maximum atomic E-state index is 13.5. The second-order valence-corrected chi connectivity index (χ2v) is 5.21. The van der Waals surface area contributed by atoms with E-state index in [-0.39, 0.29) is 11.3 Å². The first kappa shape index (κ1) is 16.1. The fourth-order valence-corrected chi connectivity index (χ4v) is 2.71. The minimum atomic E-state index is -4.45. The summed E-state index contributed by atoms with van der Waals surface area (Å²) in [5, 5.41) is 0. The van der Waals surface area contributed by atoms with Crippen molar-refractivity contribution in [2.24, 2.45) is 0 Å². The highest BCUT2D eigenvalue weighted by Crippen LogP contribution is 2.44. The van der Waals surface area contributed by atoms with E-state index in [1.54, 1.807) is 18.2 Å². The van der Waals surface area contributed by atoms with E-state index in [1.807, 2.05) is 30.3 Å². The molecule has 3 aromatic rings. The Balaban J connectivity index is 2.33. The highest BCUT2D eigenvalue weighted by Gasteiger charge is 2.34. The zero-order valence-corrected chi connectivity index (χ0v) is 12.9. The third kappa shape index (κ3) is 3.00. The minimum absolute atomic E-state index is 0.0811. The molecular weight excluding hydrogens is 313 g/mol. The van der Waals surface area contributed by atoms with Crippen LogP contribution in [0.15, 0.2) is 66.7 Å². The lowest BCUT2D eigenvalue weighted by molar-refractivity contribution is -0.137. The lowest BCUT2D eigenvalue weighted by Crippen LogP contribution is -2.07. The maximum Gasteiger partial charge on any atom is 0.417 e. The van der Waals surface area contributed by atoms with Crippen LogP contribution in [0.1, 0.15) is 5.56 Å². The van der Waals surface area contributed by atoms with Crippen molar-refractivity contribution in [3.05, 3.63) is 78.4 Å². The first-order chi connectivity index (χ1) is 11.5. The number of ether oxygens (including phenoxy) is 1. The van der Waals surface area contributed by atoms with Gasteiger partial charge in [0.2, 0.25) is 0 Å². The molecule has 0 aromatic heterocycles. The predicted octanol–water partition coefficient (Wildman–Crippen LogP) is 5.85. The van der Waals surface area contributed by atoms with Gasteiger partial charge >= 0.3 is 6.18 Å². The van der Waals surface area contributed by atoms with Crippen LogP contribution in [-0.4, -0.2) is 7.11 Å². The molecule has 0 heterocycles. The van der Waals surface area contributed by atoms with Crippen LogP contribution in [0.5, 0.6) is 5.75 Å². The van der Waals surface area contributed by atoms with Gasteiger partial charge in [-0.3, -0.25) is 0 Å². The molecule has 0 bridgehead atoms. The van der Waals surface area contributed by atoms with E-state index in [4.69, 9.17) is 4.74 Å². The second kappa shape index (κ2) is 6.40. The van der Waals surface area contributed by atoms with Crippen LogP contribution in [-0.2, 0) is 6.18 Å². The van der Waals surface area contributed by atoms with Gasteiger partial charge in [-0.15, -0.1) is 0 Å². The molecule has 3 rings (SSSR count). The Kier molecular flexibility index (Phi) is 4.30. The first-order valence-corrected chi connectivity index (χ1v) is 7.33. The molecular formula is C20H14F3O. The van der Waals surface area contributed by atoms with Gasteiger partial charge in [-0.2, -0.15) is 13.2 Å². The van der Waals surface area contributed by atoms with Crippen molar-refractivity contribution in [3.8, 4) is 28.0 Å². The third-order valence-electron chi connectivity index (χ3n) is 3.75. The lowest BCUT2D eigenvalue weighted by Gasteiger charge is -2.18. The van der Waals surface area contributed by atoms with Gasteiger partial charge in [0.25, 0.3) is 0 Å². The topological polar surface area (TPSA) is 9.23 Å². The Morgan fingerprint density at radius 2 is 1.50 bits per heavy atom. The van der Waals surface area contributed by atoms with E-state index >= 15 is 0 Å². The van der Waals surface area contributed by atoms with Gasteiger partial charge in [-0.1, -0.05) is 54.6 Å². The Morgan fingerprint density at radius 3 is 2.17 bits per heavy atom. The molecule has 0 saturated carbocycles. The van der Waals surface area contributed by atoms with Crippen molar-refractivity contribution in [2.75, 3.05) is 7.11 Å². The van der Waals surface area contributed by atoms with Gasteiger partial charge in [0, 0.05) is 11.6 Å². The lowest BCUT2D eigenvalue weighted by atomic mass is 9.91. The molecule has 0 spiro atoms. The Labute approximate surface area is 138 Å². The predicted molar refractivity (Wildman–Crippen MR) is 87.7 cm³/mol. The molecule has 0 aliphatic rings. The summed E-state index contributed by atoms with van der Waals surface area (Å²) in [5.74, 6) is 0.285. The van der Waals surface area contributed by atoms with Gasteiger partial charge in [-0.05, 0) is 28.8 Å². The molecule has 1 radical (unpaired) electrons. The number of alkyl halides is 3. The molecule has 0 amide bonds. The summed E-state index contributed by atoms with van der Waals surface area (Å²) in [4.78, 5) is 0. The zero-order valence-electron chi connectivity index (χ0n) is 12.9. The largest absolute Gasteiger partial charge is 0.495 e. The number of hydrogen-bond donors (Lipinski definition) is 0. The van der Waals surface area contributed by atoms with Gasteiger partial charge in [0.05, 0.1) is 12.7 Å². The monoisotopic (exact) mass is 327 g/mol. The van der Waals surface area contributed by atoms with E-state index in [2.05, 4.69) is 6.07 Å². The van der Waals surface area contributed by atoms with Crippen molar-refractivity contribution in [2.45, 2.75) is 6.18 Å². The average molecular weight is 327 g/mol. The number of hydrogen-bond acceptors (Lipinski definition) is 1. The number of benzene rings is 3. The van der Waals surface area contributed by atoms with Crippen LogP contribution in [0.25, 0.3) is 22.3 Å². The fourth-order valence-electron chi connectivity index (χ4n) is 2.71. The standard InChI is InChI=1S/C20H14F3O/c1-24-18-13-7-11-15(14-8-3-2-4-9-14)19(18)16-10-5-6-12-17(16)20(21,22)23/h2-12H,1H3. The fraction of sp³-hybridized carbons (Fsp3) is 0.100. The highest BCUT2D eigenvalue weighted by molar-refractivity contribution is 5.89. The Hall–Kier alpha value is -2.75. The van der Waals surface area contributed by atoms with E-state index in [0.29, 0.717) is 11.1 Å². The van der Waals surface area contributed by atoms with Crippen LogP contribution in [0.3, 0.4) is 0 Å². The summed E-state index contributed by atoms with van der Waals surface area (Å²) in [5.41, 5.74) is 1.26. The average Bonchev–Trinajstić information content (AvgIpc) is 2.61. The number of halogens is 3. The molecule has 0 fully saturated rings. The van der Waals surface area contributed by atoms with E-state index in [1.165, 1.54) is 19.2 Å². The van der Waals surface area contributed by atoms with Crippen molar-refractivity contribution in [1.29, 1.82) is 0 Å². The summed E-state index contributed by atoms with van der Waals surface area (Å²) in [6.07, 6.45) is -4.45. The first-order valence-electron chi connectivity index (χ1n) is 7.33. The molecule has 4 heteroatoms. The molecule has 0 atom stereocenters. The molecule has 121 valence electrons. The summed E-state index contributed by atoms with van der Waals surface area (Å²) in [6.45, 7) is 0. The highest BCUT2D eigenvalue weighted by atomic mass is 19.4. The SMILES string of the molecule is COc1[c]ccc(-c2ccccc2)c1-c1ccccc1C(F)(F)F. The molecule has 3 aromatic carbocycles. The molecule has 0 aliphatic carbocycles. The number of rotatable bonds is 3. The van der Waals surface area contributed by atoms with Crippen molar-refractivity contribution < 1.29 is 17.9 Å². The quantitative estimate of drug-likeness (QED) is 0.586. The van der Waals surface area contributed by atoms with Crippen molar-refractivity contribution in [1.82, 2.24) is 0 Å². The van der Waals surface area contributed by atoms with E-state index in [9.17, 15) is 13.2 Å². The molecule has 0 saturated heterocycles. The van der Waals surface area contributed by atoms with Crippen LogP contribution in [0.4, 0.5) is 13.2 Å². The zero-order chi connectivity index (χ0) is 17.2. The van der Waals surface area contributed by atoms with Gasteiger partial charge in [0.1, 0.15) is 5.75 Å². The Morgan fingerprint density at radius 1 is 0.833 bits per heavy atom. The Bertz CT molecular complexity index is 839. The van der Waals surface area contributed by atoms with Crippen LogP contribution in [0.2, 0.25) is 0 Å². The van der Waals surface area contributed by atoms with E-state index in [0.717, 1.165) is 11.6 Å². The summed E-state index contributed by atoms with van der Waals surface area (Å²) >= 11 is 0. The molecule has 24 heavy (non-hydrogen) atoms. The summed E-state index contributed by atoms with van der Waals surface area (Å²) in [7, 11) is 1.43. The molecule has 0 unspecified atom stereocenters. The summed E-state index contributed by atoms with van der Waals surface area (Å²) in [6, 6.07) is 21.1. The van der Waals surface area contributed by atoms with E-state index < -0.39 is 11.7 Å². The van der Waals surface area contributed by atoms with Crippen molar-refractivity contribution in [3.63, 3.8) is 0 Å². The molecule has 1 nitrogen and oxygen atoms in total. The van der Waals surface area contributed by atoms with Crippen molar-refractivity contribution >= 4 is 0 Å². The smallest absolute Gasteiger partial charge is 0.417 e. The molecule has 0 aliphatic heterocycles. The van der Waals surface area contributed by atoms with Gasteiger partial charge in [0.15, 0.2) is 0 Å². The van der Waals surface area contributed by atoms with Crippen LogP contribution < -0.4 is 4.74 Å². The normalized spacial score (nSPS) is 11.3. The molecule has 0 N–H and O–H groups in total. The minimum Gasteiger partial charge on any atom is -0.495 e. The summed E-state index contributed by atoms with van der Waals surface area (Å²) < 4.78 is 45.7. The van der Waals surface area contributed by atoms with Crippen LogP contribution in [0, 0.1) is 6.07 Å².